The Hall–Kier alpha value is -1.28. The van der Waals surface area contributed by atoms with Crippen molar-refractivity contribution in [2.45, 2.75) is 26.4 Å². The van der Waals surface area contributed by atoms with Crippen molar-refractivity contribution in [3.05, 3.63) is 35.6 Å². The van der Waals surface area contributed by atoms with Gasteiger partial charge in [0.25, 0.3) is 0 Å². The Balaban J connectivity index is 2.80. The Morgan fingerprint density at radius 2 is 2.00 bits per heavy atom. The van der Waals surface area contributed by atoms with Crippen LogP contribution in [0.4, 0.5) is 0 Å². The van der Waals surface area contributed by atoms with Gasteiger partial charge in [0.05, 0.1) is 11.9 Å². The topological polar surface area (TPSA) is 33.4 Å². The number of aryl methyl sites for hydroxylation is 1. The lowest BCUT2D eigenvalue weighted by Crippen LogP contribution is -2.14. The van der Waals surface area contributed by atoms with Crippen LogP contribution in [0.15, 0.2) is 28.9 Å². The molecule has 0 saturated carbocycles. The highest BCUT2D eigenvalue weighted by Gasteiger charge is 2.22. The number of aliphatic hydroxyl groups is 1. The van der Waals surface area contributed by atoms with E-state index in [0.29, 0.717) is 0 Å². The van der Waals surface area contributed by atoms with Gasteiger partial charge in [0, 0.05) is 10.9 Å². The first kappa shape index (κ1) is 9.28. The average molecular weight is 190 g/mol. The highest BCUT2D eigenvalue weighted by molar-refractivity contribution is 5.85. The van der Waals surface area contributed by atoms with Gasteiger partial charge in [0.2, 0.25) is 0 Å². The van der Waals surface area contributed by atoms with E-state index < -0.39 is 5.60 Å². The molecule has 2 aromatic rings. The number of hydrogen-bond donors (Lipinski definition) is 1. The minimum absolute atomic E-state index is 0.835. The monoisotopic (exact) mass is 190 g/mol. The maximum Gasteiger partial charge on any atom is 0.134 e. The van der Waals surface area contributed by atoms with E-state index in [-0.39, 0.29) is 0 Å². The predicted molar refractivity (Wildman–Crippen MR) is 56.2 cm³/mol. The van der Waals surface area contributed by atoms with Crippen LogP contribution in [0.1, 0.15) is 25.0 Å². The standard InChI is InChI=1S/C12H14O2/c1-8-5-4-6-10-11(8)9(7-14-10)12(2,3)13/h4-7,13H,1-3H3. The lowest BCUT2D eigenvalue weighted by Gasteiger charge is -2.15. The van der Waals surface area contributed by atoms with Crippen LogP contribution in [0.25, 0.3) is 11.0 Å². The molecule has 2 nitrogen and oxygen atoms in total. The first-order valence-corrected chi connectivity index (χ1v) is 4.70. The second-order valence-electron chi connectivity index (χ2n) is 4.16. The van der Waals surface area contributed by atoms with Crippen molar-refractivity contribution >= 4 is 11.0 Å². The summed E-state index contributed by atoms with van der Waals surface area (Å²) in [5.74, 6) is 0. The zero-order valence-electron chi connectivity index (χ0n) is 8.66. The van der Waals surface area contributed by atoms with E-state index in [2.05, 4.69) is 0 Å². The molecule has 0 saturated heterocycles. The van der Waals surface area contributed by atoms with E-state index in [1.54, 1.807) is 20.1 Å². The summed E-state index contributed by atoms with van der Waals surface area (Å²) in [5, 5.41) is 11.0. The molecule has 1 heterocycles. The van der Waals surface area contributed by atoms with Gasteiger partial charge in [-0.15, -0.1) is 0 Å². The minimum Gasteiger partial charge on any atom is -0.464 e. The molecule has 2 rings (SSSR count). The molecule has 0 radical (unpaired) electrons. The van der Waals surface area contributed by atoms with Crippen LogP contribution in [0.3, 0.4) is 0 Å². The summed E-state index contributed by atoms with van der Waals surface area (Å²) in [6.07, 6.45) is 1.64. The maximum atomic E-state index is 9.94. The first-order valence-electron chi connectivity index (χ1n) is 4.70. The molecule has 74 valence electrons. The molecule has 1 aromatic heterocycles. The molecule has 0 spiro atoms. The molecule has 1 aromatic carbocycles. The Bertz CT molecular complexity index is 461. The Morgan fingerprint density at radius 3 is 2.64 bits per heavy atom. The summed E-state index contributed by atoms with van der Waals surface area (Å²) >= 11 is 0. The summed E-state index contributed by atoms with van der Waals surface area (Å²) in [4.78, 5) is 0. The van der Waals surface area contributed by atoms with Gasteiger partial charge in [-0.05, 0) is 32.4 Å². The predicted octanol–water partition coefficient (Wildman–Crippen LogP) is 2.97. The number of hydrogen-bond acceptors (Lipinski definition) is 2. The quantitative estimate of drug-likeness (QED) is 0.750. The van der Waals surface area contributed by atoms with Crippen LogP contribution < -0.4 is 0 Å². The summed E-state index contributed by atoms with van der Waals surface area (Å²) in [6.45, 7) is 5.56. The second-order valence-corrected chi connectivity index (χ2v) is 4.16. The Labute approximate surface area is 83.2 Å². The van der Waals surface area contributed by atoms with Crippen molar-refractivity contribution in [1.29, 1.82) is 0 Å². The van der Waals surface area contributed by atoms with Crippen LogP contribution in [0, 0.1) is 6.92 Å². The number of benzene rings is 1. The van der Waals surface area contributed by atoms with E-state index in [1.165, 1.54) is 0 Å². The number of fused-ring (bicyclic) bond motifs is 1. The molecule has 0 atom stereocenters. The Kier molecular flexibility index (Phi) is 1.89. The van der Waals surface area contributed by atoms with Crippen molar-refractivity contribution in [2.24, 2.45) is 0 Å². The zero-order valence-corrected chi connectivity index (χ0v) is 8.66. The van der Waals surface area contributed by atoms with E-state index in [1.807, 2.05) is 25.1 Å². The molecular weight excluding hydrogens is 176 g/mol. The smallest absolute Gasteiger partial charge is 0.134 e. The van der Waals surface area contributed by atoms with Crippen molar-refractivity contribution in [1.82, 2.24) is 0 Å². The molecule has 0 aliphatic carbocycles. The molecule has 0 unspecified atom stereocenters. The molecule has 14 heavy (non-hydrogen) atoms. The second kappa shape index (κ2) is 2.85. The third-order valence-corrected chi connectivity index (χ3v) is 2.47. The van der Waals surface area contributed by atoms with Crippen molar-refractivity contribution < 1.29 is 9.52 Å². The fourth-order valence-electron chi connectivity index (χ4n) is 1.72. The van der Waals surface area contributed by atoms with Crippen LogP contribution >= 0.6 is 0 Å². The van der Waals surface area contributed by atoms with Crippen molar-refractivity contribution in [2.75, 3.05) is 0 Å². The van der Waals surface area contributed by atoms with Gasteiger partial charge in [0.15, 0.2) is 0 Å². The number of rotatable bonds is 1. The molecular formula is C12H14O2. The summed E-state index contributed by atoms with van der Waals surface area (Å²) in [6, 6.07) is 5.89. The van der Waals surface area contributed by atoms with E-state index in [9.17, 15) is 5.11 Å². The first-order chi connectivity index (χ1) is 6.50. The maximum absolute atomic E-state index is 9.94. The van der Waals surface area contributed by atoms with Crippen molar-refractivity contribution in [3.8, 4) is 0 Å². The van der Waals surface area contributed by atoms with Gasteiger partial charge in [-0.1, -0.05) is 12.1 Å². The largest absolute Gasteiger partial charge is 0.464 e. The molecule has 0 fully saturated rings. The van der Waals surface area contributed by atoms with E-state index in [4.69, 9.17) is 4.42 Å². The highest BCUT2D eigenvalue weighted by atomic mass is 16.3. The summed E-state index contributed by atoms with van der Waals surface area (Å²) in [7, 11) is 0. The fraction of sp³-hybridized carbons (Fsp3) is 0.333. The molecule has 0 amide bonds. The molecule has 0 aliphatic rings. The van der Waals surface area contributed by atoms with Gasteiger partial charge >= 0.3 is 0 Å². The average Bonchev–Trinajstić information content (AvgIpc) is 2.47. The van der Waals surface area contributed by atoms with Crippen molar-refractivity contribution in [3.63, 3.8) is 0 Å². The Morgan fingerprint density at radius 1 is 1.29 bits per heavy atom. The number of furan rings is 1. The van der Waals surface area contributed by atoms with Crippen LogP contribution in [0.5, 0.6) is 0 Å². The van der Waals surface area contributed by atoms with Gasteiger partial charge < -0.3 is 9.52 Å². The normalized spacial score (nSPS) is 12.3. The zero-order chi connectivity index (χ0) is 10.3. The highest BCUT2D eigenvalue weighted by Crippen LogP contribution is 2.31. The molecule has 0 aliphatic heterocycles. The SMILES string of the molecule is Cc1cccc2occ(C(C)(C)O)c12. The summed E-state index contributed by atoms with van der Waals surface area (Å²) in [5.41, 5.74) is 1.97. The van der Waals surface area contributed by atoms with Gasteiger partial charge in [-0.2, -0.15) is 0 Å². The van der Waals surface area contributed by atoms with E-state index >= 15 is 0 Å². The van der Waals surface area contributed by atoms with E-state index in [0.717, 1.165) is 22.1 Å². The van der Waals surface area contributed by atoms with Crippen LogP contribution in [0.2, 0.25) is 0 Å². The van der Waals surface area contributed by atoms with Gasteiger partial charge in [-0.3, -0.25) is 0 Å². The van der Waals surface area contributed by atoms with Gasteiger partial charge in [0.1, 0.15) is 5.58 Å². The lowest BCUT2D eigenvalue weighted by atomic mass is 9.96. The molecule has 2 heteroatoms. The third kappa shape index (κ3) is 1.32. The summed E-state index contributed by atoms with van der Waals surface area (Å²) < 4.78 is 5.40. The lowest BCUT2D eigenvalue weighted by molar-refractivity contribution is 0.0792. The van der Waals surface area contributed by atoms with Crippen LogP contribution in [-0.4, -0.2) is 5.11 Å². The van der Waals surface area contributed by atoms with Crippen LogP contribution in [-0.2, 0) is 5.60 Å². The molecule has 1 N–H and O–H groups in total. The minimum atomic E-state index is -0.850. The fourth-order valence-corrected chi connectivity index (χ4v) is 1.72. The third-order valence-electron chi connectivity index (χ3n) is 2.47. The molecule has 0 bridgehead atoms. The van der Waals surface area contributed by atoms with Gasteiger partial charge in [-0.25, -0.2) is 0 Å².